The van der Waals surface area contributed by atoms with E-state index in [-0.39, 0.29) is 18.0 Å². The van der Waals surface area contributed by atoms with E-state index in [4.69, 9.17) is 9.05 Å². The minimum atomic E-state index is -3.68. The van der Waals surface area contributed by atoms with Crippen LogP contribution in [0.4, 0.5) is 0 Å². The molecule has 0 radical (unpaired) electrons. The first-order valence-electron chi connectivity index (χ1n) is 10.2. The highest BCUT2D eigenvalue weighted by Gasteiger charge is 2.26. The molecule has 32 heavy (non-hydrogen) atoms. The smallest absolute Gasteiger partial charge is 0.413 e. The van der Waals surface area contributed by atoms with E-state index in [0.717, 1.165) is 11.1 Å². The minimum Gasteiger partial charge on any atom is -0.413 e. The van der Waals surface area contributed by atoms with Crippen molar-refractivity contribution in [2.24, 2.45) is 0 Å². The number of aryl methyl sites for hydroxylation is 1. The van der Waals surface area contributed by atoms with Gasteiger partial charge in [-0.2, -0.15) is 0 Å². The molecule has 3 aromatic carbocycles. The van der Waals surface area contributed by atoms with Gasteiger partial charge in [0.1, 0.15) is 5.75 Å². The lowest BCUT2D eigenvalue weighted by molar-refractivity contribution is 0.252. The molecular weight excluding hydrogens is 447 g/mol. The first-order valence-corrected chi connectivity index (χ1v) is 13.2. The summed E-state index contributed by atoms with van der Waals surface area (Å²) in [5.41, 5.74) is 1.91. The van der Waals surface area contributed by atoms with Gasteiger partial charge in [0.05, 0.1) is 11.5 Å². The molecule has 9 heteroatoms. The van der Waals surface area contributed by atoms with Crippen LogP contribution in [0.25, 0.3) is 0 Å². The van der Waals surface area contributed by atoms with Crippen molar-refractivity contribution in [1.29, 1.82) is 0 Å². The van der Waals surface area contributed by atoms with E-state index in [0.29, 0.717) is 18.7 Å². The van der Waals surface area contributed by atoms with E-state index in [1.807, 2.05) is 43.3 Å². The standard InChI is InChI=1S/C23H27N2O5PS/c1-20-13-15-23(16-14-20)32(27,28)25-17-8-18-29-31(26,30-22-11-6-3-7-12-22)24-19-21-9-4-2-5-10-21/h2-7,9-16,25H,8,17-19H2,1H3,(H,24,26). The fourth-order valence-corrected chi connectivity index (χ4v) is 5.20. The van der Waals surface area contributed by atoms with Crippen molar-refractivity contribution >= 4 is 17.8 Å². The maximum atomic E-state index is 13.3. The molecule has 0 heterocycles. The third-order valence-electron chi connectivity index (χ3n) is 4.49. The molecule has 3 aromatic rings. The van der Waals surface area contributed by atoms with Gasteiger partial charge in [-0.15, -0.1) is 0 Å². The highest BCUT2D eigenvalue weighted by molar-refractivity contribution is 7.89. The largest absolute Gasteiger partial charge is 0.459 e. The lowest BCUT2D eigenvalue weighted by Gasteiger charge is -2.20. The molecule has 0 amide bonds. The highest BCUT2D eigenvalue weighted by atomic mass is 32.2. The van der Waals surface area contributed by atoms with Crippen LogP contribution < -0.4 is 14.3 Å². The minimum absolute atomic E-state index is 0.0440. The number of hydrogen-bond donors (Lipinski definition) is 2. The van der Waals surface area contributed by atoms with Crippen molar-refractivity contribution in [3.8, 4) is 5.75 Å². The van der Waals surface area contributed by atoms with E-state index in [2.05, 4.69) is 9.81 Å². The Morgan fingerprint density at radius 2 is 1.50 bits per heavy atom. The summed E-state index contributed by atoms with van der Waals surface area (Å²) >= 11 is 0. The molecule has 0 bridgehead atoms. The van der Waals surface area contributed by atoms with Crippen LogP contribution >= 0.6 is 7.75 Å². The van der Waals surface area contributed by atoms with Gasteiger partial charge in [0.2, 0.25) is 10.0 Å². The number of hydrogen-bond acceptors (Lipinski definition) is 5. The SMILES string of the molecule is Cc1ccc(S(=O)(=O)NCCCOP(=O)(NCc2ccccc2)Oc2ccccc2)cc1. The van der Waals surface area contributed by atoms with Crippen LogP contribution in [0.3, 0.4) is 0 Å². The molecule has 0 aliphatic heterocycles. The highest BCUT2D eigenvalue weighted by Crippen LogP contribution is 2.44. The van der Waals surface area contributed by atoms with Gasteiger partial charge in [0.25, 0.3) is 0 Å². The summed E-state index contributed by atoms with van der Waals surface area (Å²) in [4.78, 5) is 0.201. The van der Waals surface area contributed by atoms with Crippen LogP contribution in [0.5, 0.6) is 5.75 Å². The Hall–Kier alpha value is -2.48. The molecule has 0 fully saturated rings. The maximum Gasteiger partial charge on any atom is 0.459 e. The molecule has 1 unspecified atom stereocenters. The molecule has 1 atom stereocenters. The molecule has 3 rings (SSSR count). The topological polar surface area (TPSA) is 93.7 Å². The fourth-order valence-electron chi connectivity index (χ4n) is 2.77. The number of sulfonamides is 1. The zero-order valence-electron chi connectivity index (χ0n) is 17.8. The summed E-state index contributed by atoms with van der Waals surface area (Å²) in [7, 11) is -7.29. The van der Waals surface area contributed by atoms with E-state index in [9.17, 15) is 13.0 Å². The van der Waals surface area contributed by atoms with Gasteiger partial charge in [0, 0.05) is 13.1 Å². The van der Waals surface area contributed by atoms with Gasteiger partial charge >= 0.3 is 7.75 Å². The van der Waals surface area contributed by atoms with Gasteiger partial charge in [0.15, 0.2) is 0 Å². The molecule has 7 nitrogen and oxygen atoms in total. The van der Waals surface area contributed by atoms with E-state index in [1.54, 1.807) is 48.5 Å². The summed E-state index contributed by atoms with van der Waals surface area (Å²) in [6, 6.07) is 24.8. The average Bonchev–Trinajstić information content (AvgIpc) is 2.79. The number of para-hydroxylation sites is 1. The van der Waals surface area contributed by atoms with E-state index >= 15 is 0 Å². The number of nitrogens with one attached hydrogen (secondary N) is 2. The molecule has 0 saturated heterocycles. The molecule has 170 valence electrons. The zero-order chi connectivity index (χ0) is 22.9. The van der Waals surface area contributed by atoms with Gasteiger partial charge in [-0.05, 0) is 43.2 Å². The predicted molar refractivity (Wildman–Crippen MR) is 125 cm³/mol. The second-order valence-electron chi connectivity index (χ2n) is 7.12. The van der Waals surface area contributed by atoms with Crippen LogP contribution in [-0.2, 0) is 25.7 Å². The first kappa shape index (κ1) is 24.2. The molecule has 0 saturated carbocycles. The maximum absolute atomic E-state index is 13.3. The second-order valence-corrected chi connectivity index (χ2v) is 10.6. The molecule has 0 aliphatic carbocycles. The molecular formula is C23H27N2O5PS. The van der Waals surface area contributed by atoms with Crippen molar-refractivity contribution < 1.29 is 22.0 Å². The van der Waals surface area contributed by atoms with Crippen molar-refractivity contribution in [2.75, 3.05) is 13.2 Å². The van der Waals surface area contributed by atoms with Crippen molar-refractivity contribution in [1.82, 2.24) is 9.81 Å². The zero-order valence-corrected chi connectivity index (χ0v) is 19.5. The van der Waals surface area contributed by atoms with E-state index in [1.165, 1.54) is 0 Å². The van der Waals surface area contributed by atoms with Gasteiger partial charge in [-0.1, -0.05) is 66.2 Å². The Morgan fingerprint density at radius 3 is 2.16 bits per heavy atom. The predicted octanol–water partition coefficient (Wildman–Crippen LogP) is 4.66. The summed E-state index contributed by atoms with van der Waals surface area (Å²) in [6.45, 7) is 2.37. The Morgan fingerprint density at radius 1 is 0.875 bits per heavy atom. The third-order valence-corrected chi connectivity index (χ3v) is 7.49. The average molecular weight is 475 g/mol. The van der Waals surface area contributed by atoms with Crippen LogP contribution in [0, 0.1) is 6.92 Å². The van der Waals surface area contributed by atoms with Crippen LogP contribution in [0.2, 0.25) is 0 Å². The Bertz CT molecular complexity index is 1120. The van der Waals surface area contributed by atoms with Crippen LogP contribution in [0.15, 0.2) is 89.8 Å². The monoisotopic (exact) mass is 474 g/mol. The van der Waals surface area contributed by atoms with Gasteiger partial charge in [-0.25, -0.2) is 22.8 Å². The van der Waals surface area contributed by atoms with Crippen LogP contribution in [-0.4, -0.2) is 21.6 Å². The van der Waals surface area contributed by atoms with Crippen molar-refractivity contribution in [3.05, 3.63) is 96.1 Å². The Labute approximate surface area is 189 Å². The fraction of sp³-hybridized carbons (Fsp3) is 0.217. The number of benzene rings is 3. The summed E-state index contributed by atoms with van der Waals surface area (Å²) in [6.07, 6.45) is 0.320. The summed E-state index contributed by atoms with van der Waals surface area (Å²) in [5.74, 6) is 0.413. The lowest BCUT2D eigenvalue weighted by atomic mass is 10.2. The second kappa shape index (κ2) is 11.4. The number of rotatable bonds is 12. The quantitative estimate of drug-likeness (QED) is 0.293. The van der Waals surface area contributed by atoms with Gasteiger partial charge in [-0.3, -0.25) is 4.52 Å². The third kappa shape index (κ3) is 7.58. The Kier molecular flexibility index (Phi) is 8.61. The molecule has 0 spiro atoms. The van der Waals surface area contributed by atoms with Crippen LogP contribution in [0.1, 0.15) is 17.5 Å². The normalized spacial score (nSPS) is 13.4. The van der Waals surface area contributed by atoms with Crippen molar-refractivity contribution in [2.45, 2.75) is 24.8 Å². The van der Waals surface area contributed by atoms with Crippen molar-refractivity contribution in [3.63, 3.8) is 0 Å². The summed E-state index contributed by atoms with van der Waals surface area (Å²) < 4.78 is 51.7. The first-order chi connectivity index (χ1) is 15.4. The van der Waals surface area contributed by atoms with E-state index < -0.39 is 17.8 Å². The van der Waals surface area contributed by atoms with Gasteiger partial charge < -0.3 is 4.52 Å². The summed E-state index contributed by atoms with van der Waals surface area (Å²) in [5, 5.41) is 2.87. The molecule has 0 aromatic heterocycles. The molecule has 0 aliphatic rings. The molecule has 2 N–H and O–H groups in total. The lowest BCUT2D eigenvalue weighted by Crippen LogP contribution is -2.26. The Balaban J connectivity index is 1.54.